The van der Waals surface area contributed by atoms with Gasteiger partial charge in [-0.05, 0) is 34.2 Å². The molecule has 1 heterocycles. The van der Waals surface area contributed by atoms with Crippen LogP contribution in [0.15, 0.2) is 18.3 Å². The predicted octanol–water partition coefficient (Wildman–Crippen LogP) is 3.73. The first-order valence-electron chi connectivity index (χ1n) is 4.79. The van der Waals surface area contributed by atoms with Crippen molar-refractivity contribution in [2.75, 3.05) is 0 Å². The standard InChI is InChI=1S/C11H9FIN2P/c1-2-3-4-8-5-6-10-9(11(8)12)7-14-15(10)16-13/h5-7,16H,2H2,1H3. The van der Waals surface area contributed by atoms with E-state index in [-0.39, 0.29) is 5.82 Å². The molecule has 16 heavy (non-hydrogen) atoms. The van der Waals surface area contributed by atoms with E-state index >= 15 is 0 Å². The van der Waals surface area contributed by atoms with Crippen molar-refractivity contribution in [2.24, 2.45) is 0 Å². The average molecular weight is 346 g/mol. The van der Waals surface area contributed by atoms with Crippen LogP contribution in [0.3, 0.4) is 0 Å². The van der Waals surface area contributed by atoms with E-state index in [1.54, 1.807) is 16.7 Å². The third kappa shape index (κ3) is 2.07. The monoisotopic (exact) mass is 346 g/mol. The van der Waals surface area contributed by atoms with Gasteiger partial charge in [0.25, 0.3) is 0 Å². The summed E-state index contributed by atoms with van der Waals surface area (Å²) in [5.41, 5.74) is 1.28. The number of hydrogen-bond donors (Lipinski definition) is 0. The van der Waals surface area contributed by atoms with E-state index in [0.29, 0.717) is 17.3 Å². The summed E-state index contributed by atoms with van der Waals surface area (Å²) >= 11 is 2.22. The Balaban J connectivity index is 2.62. The SMILES string of the molecule is CCC#Cc1ccc2c(cnn2PI)c1F. The van der Waals surface area contributed by atoms with Crippen molar-refractivity contribution in [3.8, 4) is 11.8 Å². The van der Waals surface area contributed by atoms with E-state index in [9.17, 15) is 4.39 Å². The minimum absolute atomic E-state index is 0.264. The van der Waals surface area contributed by atoms with Gasteiger partial charge in [-0.2, -0.15) is 5.10 Å². The number of rotatable bonds is 1. The number of hydrogen-bond acceptors (Lipinski definition) is 1. The third-order valence-electron chi connectivity index (χ3n) is 2.17. The zero-order valence-corrected chi connectivity index (χ0v) is 11.7. The Hall–Kier alpha value is -0.660. The number of fused-ring (bicyclic) bond motifs is 1. The molecule has 82 valence electrons. The molecule has 1 unspecified atom stereocenters. The highest BCUT2D eigenvalue weighted by molar-refractivity contribution is 14.2. The molecule has 2 rings (SSSR count). The predicted molar refractivity (Wildman–Crippen MR) is 74.6 cm³/mol. The van der Waals surface area contributed by atoms with Crippen LogP contribution in [0.4, 0.5) is 4.39 Å². The van der Waals surface area contributed by atoms with Gasteiger partial charge in [-0.15, -0.1) is 0 Å². The molecule has 0 amide bonds. The highest BCUT2D eigenvalue weighted by atomic mass is 127. The summed E-state index contributed by atoms with van der Waals surface area (Å²) in [5, 5.41) is 4.68. The van der Waals surface area contributed by atoms with E-state index < -0.39 is 0 Å². The Morgan fingerprint density at radius 3 is 3.06 bits per heavy atom. The maximum atomic E-state index is 14.0. The summed E-state index contributed by atoms with van der Waals surface area (Å²) in [6.07, 6.45) is 2.77. The van der Waals surface area contributed by atoms with Gasteiger partial charge in [-0.1, -0.05) is 18.8 Å². The smallest absolute Gasteiger partial charge is 0.149 e. The van der Waals surface area contributed by atoms with Gasteiger partial charge < -0.3 is 0 Å². The molecule has 0 saturated heterocycles. The van der Waals surface area contributed by atoms with Crippen LogP contribution in [0.2, 0.25) is 0 Å². The normalized spacial score (nSPS) is 10.9. The first-order valence-corrected chi connectivity index (χ1v) is 8.85. The topological polar surface area (TPSA) is 17.8 Å². The quantitative estimate of drug-likeness (QED) is 0.437. The second-order valence-corrected chi connectivity index (χ2v) is 5.20. The van der Waals surface area contributed by atoms with E-state index in [1.165, 1.54) is 0 Å². The van der Waals surface area contributed by atoms with Gasteiger partial charge in [0.15, 0.2) is 0 Å². The number of aromatic nitrogens is 2. The third-order valence-corrected chi connectivity index (χ3v) is 4.05. The van der Waals surface area contributed by atoms with Crippen molar-refractivity contribution in [1.29, 1.82) is 0 Å². The molecule has 1 aromatic heterocycles. The lowest BCUT2D eigenvalue weighted by Crippen LogP contribution is -1.86. The Labute approximate surface area is 108 Å². The summed E-state index contributed by atoms with van der Waals surface area (Å²) in [4.78, 5) is 0. The Morgan fingerprint density at radius 1 is 1.56 bits per heavy atom. The molecule has 0 aliphatic rings. The molecule has 0 N–H and O–H groups in total. The highest BCUT2D eigenvalue weighted by Gasteiger charge is 2.09. The number of benzene rings is 1. The van der Waals surface area contributed by atoms with Crippen LogP contribution in [-0.2, 0) is 0 Å². The summed E-state index contributed by atoms with van der Waals surface area (Å²) in [5.74, 6) is 5.43. The first-order chi connectivity index (χ1) is 7.77. The minimum atomic E-state index is -0.264. The van der Waals surface area contributed by atoms with Crippen LogP contribution >= 0.6 is 28.4 Å². The second kappa shape index (κ2) is 5.11. The van der Waals surface area contributed by atoms with E-state index in [4.69, 9.17) is 0 Å². The van der Waals surface area contributed by atoms with Crippen LogP contribution in [0.5, 0.6) is 0 Å². The molecule has 0 aliphatic carbocycles. The minimum Gasteiger partial charge on any atom is -0.237 e. The Morgan fingerprint density at radius 2 is 2.38 bits per heavy atom. The van der Waals surface area contributed by atoms with Gasteiger partial charge in [0.1, 0.15) is 5.82 Å². The van der Waals surface area contributed by atoms with Crippen LogP contribution in [0.1, 0.15) is 18.9 Å². The zero-order valence-electron chi connectivity index (χ0n) is 8.59. The molecule has 0 aliphatic heterocycles. The van der Waals surface area contributed by atoms with Crippen molar-refractivity contribution in [3.05, 3.63) is 29.7 Å². The Bertz CT molecular complexity index is 583. The van der Waals surface area contributed by atoms with Gasteiger partial charge in [0.05, 0.1) is 29.0 Å². The van der Waals surface area contributed by atoms with Gasteiger partial charge in [0, 0.05) is 6.42 Å². The molecule has 0 fully saturated rings. The Kier molecular flexibility index (Phi) is 3.78. The fourth-order valence-corrected chi connectivity index (χ4v) is 2.96. The molecule has 1 aromatic carbocycles. The van der Waals surface area contributed by atoms with Crippen molar-refractivity contribution in [3.63, 3.8) is 0 Å². The largest absolute Gasteiger partial charge is 0.237 e. The van der Waals surface area contributed by atoms with E-state index in [2.05, 4.69) is 39.0 Å². The molecule has 0 spiro atoms. The molecule has 0 saturated carbocycles. The molecule has 0 bridgehead atoms. The van der Waals surface area contributed by atoms with Crippen molar-refractivity contribution in [2.45, 2.75) is 13.3 Å². The summed E-state index contributed by atoms with van der Waals surface area (Å²) in [6, 6.07) is 3.59. The number of halogens is 2. The summed E-state index contributed by atoms with van der Waals surface area (Å²) in [7, 11) is 0. The molecule has 2 aromatic rings. The second-order valence-electron chi connectivity index (χ2n) is 3.16. The van der Waals surface area contributed by atoms with Gasteiger partial charge in [-0.3, -0.25) is 0 Å². The highest BCUT2D eigenvalue weighted by Crippen LogP contribution is 2.29. The van der Waals surface area contributed by atoms with Crippen LogP contribution < -0.4 is 0 Å². The maximum absolute atomic E-state index is 14.0. The molecule has 2 nitrogen and oxygen atoms in total. The van der Waals surface area contributed by atoms with E-state index in [0.717, 1.165) is 11.9 Å². The van der Waals surface area contributed by atoms with E-state index in [1.807, 2.05) is 13.0 Å². The molecule has 5 heteroatoms. The summed E-state index contributed by atoms with van der Waals surface area (Å²) < 4.78 is 15.8. The first kappa shape index (κ1) is 11.8. The molecule has 0 radical (unpaired) electrons. The van der Waals surface area contributed by atoms with Gasteiger partial charge in [0.2, 0.25) is 0 Å². The summed E-state index contributed by atoms with van der Waals surface area (Å²) in [6.45, 7) is 1.94. The molecular formula is C11H9FIN2P. The zero-order chi connectivity index (χ0) is 11.5. The lowest BCUT2D eigenvalue weighted by molar-refractivity contribution is 0.636. The maximum Gasteiger partial charge on any atom is 0.149 e. The number of nitrogens with zero attached hydrogens (tertiary/aromatic N) is 2. The fraction of sp³-hybridized carbons (Fsp3) is 0.182. The van der Waals surface area contributed by atoms with Crippen molar-refractivity contribution in [1.82, 2.24) is 9.55 Å². The van der Waals surface area contributed by atoms with Crippen molar-refractivity contribution < 1.29 is 4.39 Å². The van der Waals surface area contributed by atoms with Gasteiger partial charge in [-0.25, -0.2) is 8.84 Å². The molecular weight excluding hydrogens is 337 g/mol. The van der Waals surface area contributed by atoms with Crippen LogP contribution in [-0.4, -0.2) is 9.55 Å². The van der Waals surface area contributed by atoms with Crippen LogP contribution in [0, 0.1) is 17.7 Å². The fourth-order valence-electron chi connectivity index (χ4n) is 1.42. The lowest BCUT2D eigenvalue weighted by atomic mass is 10.1. The van der Waals surface area contributed by atoms with Crippen molar-refractivity contribution >= 4 is 39.3 Å². The van der Waals surface area contributed by atoms with Crippen LogP contribution in [0.25, 0.3) is 10.9 Å². The molecule has 1 atom stereocenters. The van der Waals surface area contributed by atoms with Gasteiger partial charge >= 0.3 is 0 Å². The lowest BCUT2D eigenvalue weighted by Gasteiger charge is -1.99. The average Bonchev–Trinajstić information content (AvgIpc) is 2.72.